The van der Waals surface area contributed by atoms with Gasteiger partial charge in [0, 0.05) is 22.0 Å². The summed E-state index contributed by atoms with van der Waals surface area (Å²) in [5, 5.41) is 1.06. The summed E-state index contributed by atoms with van der Waals surface area (Å²) in [4.78, 5) is 19.4. The number of carbonyl (C=O) groups is 1. The Bertz CT molecular complexity index is 1500. The number of rotatable bonds is 4. The number of fused-ring (bicyclic) bond motifs is 2. The van der Waals surface area contributed by atoms with Crippen molar-refractivity contribution in [2.45, 2.75) is 19.0 Å². The van der Waals surface area contributed by atoms with Gasteiger partial charge in [0.25, 0.3) is 5.91 Å². The van der Waals surface area contributed by atoms with Crippen molar-refractivity contribution in [3.05, 3.63) is 131 Å². The van der Waals surface area contributed by atoms with Crippen LogP contribution in [-0.2, 0) is 0 Å². The molecule has 1 aromatic heterocycles. The zero-order valence-corrected chi connectivity index (χ0v) is 18.7. The molecule has 5 aromatic rings. The van der Waals surface area contributed by atoms with Crippen molar-refractivity contribution < 1.29 is 9.18 Å². The quantitative estimate of drug-likeness (QED) is 0.309. The zero-order chi connectivity index (χ0) is 23.2. The first kappa shape index (κ1) is 20.4. The van der Waals surface area contributed by atoms with Crippen LogP contribution in [0.3, 0.4) is 0 Å². The Morgan fingerprint density at radius 1 is 0.824 bits per heavy atom. The van der Waals surface area contributed by atoms with Crippen molar-refractivity contribution in [2.24, 2.45) is 0 Å². The van der Waals surface area contributed by atoms with Crippen molar-refractivity contribution in [2.75, 3.05) is 0 Å². The number of benzene rings is 4. The molecule has 0 unspecified atom stereocenters. The molecule has 3 nitrogen and oxygen atoms in total. The molecule has 0 aliphatic carbocycles. The molecular formula is C30H23FN2O. The number of aromatic nitrogens is 1. The third kappa shape index (κ3) is 3.14. The molecule has 1 amide bonds. The standard InChI is InChI=1S/C30H23FN2O/c1-19(20-9-3-2-4-10-20)33-29(23-11-5-6-12-24(23)30(33)34)27-25-13-7-8-14-26(25)32-28(27)21-15-17-22(31)18-16-21/h2-19,29,32H,1H3/t19-,29+/m0/s1. The van der Waals surface area contributed by atoms with Crippen LogP contribution < -0.4 is 0 Å². The maximum Gasteiger partial charge on any atom is 0.255 e. The van der Waals surface area contributed by atoms with Crippen molar-refractivity contribution in [3.8, 4) is 11.3 Å². The molecule has 0 saturated heterocycles. The molecule has 1 aliphatic rings. The van der Waals surface area contributed by atoms with Crippen LogP contribution in [0.5, 0.6) is 0 Å². The molecule has 1 aliphatic heterocycles. The van der Waals surface area contributed by atoms with E-state index in [1.54, 1.807) is 12.1 Å². The molecule has 34 heavy (non-hydrogen) atoms. The third-order valence-electron chi connectivity index (χ3n) is 6.85. The second-order valence-electron chi connectivity index (χ2n) is 8.76. The molecule has 6 rings (SSSR count). The minimum atomic E-state index is -0.282. The number of para-hydroxylation sites is 1. The highest BCUT2D eigenvalue weighted by atomic mass is 19.1. The zero-order valence-electron chi connectivity index (χ0n) is 18.7. The van der Waals surface area contributed by atoms with Crippen LogP contribution >= 0.6 is 0 Å². The molecule has 2 heterocycles. The van der Waals surface area contributed by atoms with Gasteiger partial charge >= 0.3 is 0 Å². The number of H-pyrrole nitrogens is 1. The summed E-state index contributed by atoms with van der Waals surface area (Å²) in [7, 11) is 0. The second-order valence-corrected chi connectivity index (χ2v) is 8.76. The van der Waals surface area contributed by atoms with Gasteiger partial charge in [0.2, 0.25) is 0 Å². The van der Waals surface area contributed by atoms with Gasteiger partial charge in [-0.1, -0.05) is 66.7 Å². The smallest absolute Gasteiger partial charge is 0.255 e. The second kappa shape index (κ2) is 7.99. The Labute approximate surface area is 197 Å². The predicted octanol–water partition coefficient (Wildman–Crippen LogP) is 7.28. The van der Waals surface area contributed by atoms with Gasteiger partial charge in [-0.25, -0.2) is 4.39 Å². The fourth-order valence-corrected chi connectivity index (χ4v) is 5.21. The highest BCUT2D eigenvalue weighted by Gasteiger charge is 2.42. The van der Waals surface area contributed by atoms with E-state index in [1.165, 1.54) is 12.1 Å². The lowest BCUT2D eigenvalue weighted by Gasteiger charge is -2.32. The van der Waals surface area contributed by atoms with E-state index >= 15 is 0 Å². The maximum atomic E-state index is 13.8. The number of nitrogens with one attached hydrogen (secondary N) is 1. The van der Waals surface area contributed by atoms with Gasteiger partial charge in [0.15, 0.2) is 0 Å². The van der Waals surface area contributed by atoms with E-state index < -0.39 is 0 Å². The molecule has 0 fully saturated rings. The Balaban J connectivity index is 1.62. The molecule has 2 atom stereocenters. The Kier molecular flexibility index (Phi) is 4.80. The van der Waals surface area contributed by atoms with E-state index in [-0.39, 0.29) is 23.8 Å². The first-order valence-corrected chi connectivity index (χ1v) is 11.5. The highest BCUT2D eigenvalue weighted by molar-refractivity contribution is 6.02. The lowest BCUT2D eigenvalue weighted by Crippen LogP contribution is -2.31. The van der Waals surface area contributed by atoms with Crippen LogP contribution in [0, 0.1) is 5.82 Å². The summed E-state index contributed by atoms with van der Waals surface area (Å²) in [6.07, 6.45) is 0. The largest absolute Gasteiger partial charge is 0.354 e. The van der Waals surface area contributed by atoms with E-state index in [0.29, 0.717) is 0 Å². The summed E-state index contributed by atoms with van der Waals surface area (Å²) >= 11 is 0. The summed E-state index contributed by atoms with van der Waals surface area (Å²) in [6.45, 7) is 2.08. The summed E-state index contributed by atoms with van der Waals surface area (Å²) in [5.41, 5.74) is 6.60. The van der Waals surface area contributed by atoms with Crippen LogP contribution in [0.2, 0.25) is 0 Å². The van der Waals surface area contributed by atoms with Gasteiger partial charge in [-0.2, -0.15) is 0 Å². The summed E-state index contributed by atoms with van der Waals surface area (Å²) in [6, 6.07) is 32.2. The highest BCUT2D eigenvalue weighted by Crippen LogP contribution is 2.48. The Morgan fingerprint density at radius 2 is 1.50 bits per heavy atom. The topological polar surface area (TPSA) is 36.1 Å². The number of aromatic amines is 1. The van der Waals surface area contributed by atoms with Gasteiger partial charge < -0.3 is 9.88 Å². The van der Waals surface area contributed by atoms with Gasteiger partial charge in [0.05, 0.1) is 17.8 Å². The van der Waals surface area contributed by atoms with E-state index in [4.69, 9.17) is 0 Å². The van der Waals surface area contributed by atoms with Crippen molar-refractivity contribution in [1.82, 2.24) is 9.88 Å². The number of hydrogen-bond donors (Lipinski definition) is 1. The lowest BCUT2D eigenvalue weighted by atomic mass is 9.92. The summed E-state index contributed by atoms with van der Waals surface area (Å²) < 4.78 is 13.7. The molecule has 166 valence electrons. The van der Waals surface area contributed by atoms with Crippen LogP contribution in [0.25, 0.3) is 22.2 Å². The average Bonchev–Trinajstić information content (AvgIpc) is 3.40. The normalized spacial score (nSPS) is 16.1. The first-order chi connectivity index (χ1) is 16.6. The van der Waals surface area contributed by atoms with Crippen molar-refractivity contribution >= 4 is 16.8 Å². The minimum absolute atomic E-state index is 0.0206. The molecule has 0 bridgehead atoms. The average molecular weight is 447 g/mol. The van der Waals surface area contributed by atoms with Crippen LogP contribution in [0.1, 0.15) is 46.1 Å². The third-order valence-corrected chi connectivity index (χ3v) is 6.85. The predicted molar refractivity (Wildman–Crippen MR) is 133 cm³/mol. The van der Waals surface area contributed by atoms with Crippen LogP contribution in [-0.4, -0.2) is 15.8 Å². The van der Waals surface area contributed by atoms with E-state index in [1.807, 2.05) is 65.6 Å². The Hall–Kier alpha value is -4.18. The van der Waals surface area contributed by atoms with Gasteiger partial charge in [-0.3, -0.25) is 4.79 Å². The van der Waals surface area contributed by atoms with Gasteiger partial charge in [-0.05, 0) is 60.0 Å². The lowest BCUT2D eigenvalue weighted by molar-refractivity contribution is 0.0678. The number of nitrogens with zero attached hydrogens (tertiary/aromatic N) is 1. The van der Waals surface area contributed by atoms with Gasteiger partial charge in [0.1, 0.15) is 5.82 Å². The first-order valence-electron chi connectivity index (χ1n) is 11.5. The SMILES string of the molecule is C[C@@H](c1ccccc1)N1C(=O)c2ccccc2[C@@H]1c1c(-c2ccc(F)cc2)[nH]c2ccccc12. The van der Waals surface area contributed by atoms with E-state index in [2.05, 4.69) is 30.1 Å². The van der Waals surface area contributed by atoms with Crippen molar-refractivity contribution in [1.29, 1.82) is 0 Å². The maximum absolute atomic E-state index is 13.8. The molecule has 0 saturated carbocycles. The molecular weight excluding hydrogens is 423 g/mol. The monoisotopic (exact) mass is 446 g/mol. The molecule has 0 spiro atoms. The van der Waals surface area contributed by atoms with Gasteiger partial charge in [-0.15, -0.1) is 0 Å². The number of amides is 1. The van der Waals surface area contributed by atoms with E-state index in [0.717, 1.165) is 44.4 Å². The number of carbonyl (C=O) groups excluding carboxylic acids is 1. The fourth-order valence-electron chi connectivity index (χ4n) is 5.21. The van der Waals surface area contributed by atoms with Crippen LogP contribution in [0.15, 0.2) is 103 Å². The van der Waals surface area contributed by atoms with E-state index in [9.17, 15) is 9.18 Å². The van der Waals surface area contributed by atoms with Crippen molar-refractivity contribution in [3.63, 3.8) is 0 Å². The minimum Gasteiger partial charge on any atom is -0.354 e. The molecule has 0 radical (unpaired) electrons. The Morgan fingerprint density at radius 3 is 2.29 bits per heavy atom. The summed E-state index contributed by atoms with van der Waals surface area (Å²) in [5.74, 6) is -0.255. The molecule has 4 aromatic carbocycles. The fraction of sp³-hybridized carbons (Fsp3) is 0.100. The van der Waals surface area contributed by atoms with Crippen LogP contribution in [0.4, 0.5) is 4.39 Å². The molecule has 1 N–H and O–H groups in total. The number of hydrogen-bond acceptors (Lipinski definition) is 1. The molecule has 4 heteroatoms. The number of halogens is 1.